The fourth-order valence-electron chi connectivity index (χ4n) is 3.87. The van der Waals surface area contributed by atoms with E-state index in [1.165, 1.54) is 12.1 Å². The molecule has 3 rings (SSSR count). The molecule has 1 aliphatic heterocycles. The molecule has 0 spiro atoms. The molecule has 1 saturated carbocycles. The molecule has 1 saturated heterocycles. The van der Waals surface area contributed by atoms with Gasteiger partial charge < -0.3 is 15.3 Å². The molecule has 0 aromatic heterocycles. The fraction of sp³-hybridized carbons (Fsp3) is 0.556. The van der Waals surface area contributed by atoms with Crippen LogP contribution in [0.25, 0.3) is 0 Å². The van der Waals surface area contributed by atoms with Crippen LogP contribution in [0.15, 0.2) is 12.1 Å². The van der Waals surface area contributed by atoms with Crippen LogP contribution in [0.5, 0.6) is 5.75 Å². The van der Waals surface area contributed by atoms with E-state index in [0.29, 0.717) is 11.6 Å². The average molecular weight is 410 g/mol. The number of amides is 2. The van der Waals surface area contributed by atoms with E-state index >= 15 is 0 Å². The molecule has 0 bridgehead atoms. The first-order valence-electron chi connectivity index (χ1n) is 9.22. The highest BCUT2D eigenvalue weighted by molar-refractivity contribution is 7.92. The third-order valence-electron chi connectivity index (χ3n) is 5.37. The smallest absolute Gasteiger partial charge is 0.326 e. The number of rotatable bonds is 4. The van der Waals surface area contributed by atoms with Gasteiger partial charge >= 0.3 is 10.2 Å². The third-order valence-corrected chi connectivity index (χ3v) is 6.75. The van der Waals surface area contributed by atoms with Crippen molar-refractivity contribution in [2.75, 3.05) is 24.9 Å². The van der Waals surface area contributed by atoms with Crippen LogP contribution in [0, 0.1) is 6.92 Å². The molecule has 0 unspecified atom stereocenters. The Morgan fingerprint density at radius 2 is 1.89 bits per heavy atom. The summed E-state index contributed by atoms with van der Waals surface area (Å²) in [5, 5.41) is 13.4. The Morgan fingerprint density at radius 3 is 2.39 bits per heavy atom. The number of aromatic hydroxyl groups is 1. The van der Waals surface area contributed by atoms with Crippen molar-refractivity contribution in [3.05, 3.63) is 23.3 Å². The second-order valence-electron chi connectivity index (χ2n) is 7.64. The first kappa shape index (κ1) is 20.4. The highest BCUT2D eigenvalue weighted by Gasteiger charge is 2.36. The maximum absolute atomic E-state index is 12.6. The van der Waals surface area contributed by atoms with Gasteiger partial charge in [-0.25, -0.2) is 9.03 Å². The van der Waals surface area contributed by atoms with Gasteiger partial charge in [-0.15, -0.1) is 0 Å². The van der Waals surface area contributed by atoms with E-state index in [2.05, 4.69) is 24.3 Å². The second-order valence-corrected chi connectivity index (χ2v) is 9.24. The van der Waals surface area contributed by atoms with Crippen molar-refractivity contribution >= 4 is 27.7 Å². The normalized spacial score (nSPS) is 24.3. The minimum atomic E-state index is -4.03. The Morgan fingerprint density at radius 1 is 1.25 bits per heavy atom. The topological polar surface area (TPSA) is 119 Å². The number of nitrogens with one attached hydrogen (secondary N) is 2. The summed E-state index contributed by atoms with van der Waals surface area (Å²) in [5.74, 6) is -1.34. The molecule has 154 valence electrons. The van der Waals surface area contributed by atoms with Gasteiger partial charge in [-0.3, -0.25) is 9.59 Å². The predicted molar refractivity (Wildman–Crippen MR) is 104 cm³/mol. The van der Waals surface area contributed by atoms with E-state index in [1.54, 1.807) is 6.92 Å². The van der Waals surface area contributed by atoms with Gasteiger partial charge in [0.2, 0.25) is 0 Å². The SMILES string of the molecule is Cc1cc(C(=O)NC2CCC(N(C)C)CC2)cc(O)c1N1CC(=O)NS1(=O)=O. The van der Waals surface area contributed by atoms with Crippen molar-refractivity contribution in [2.45, 2.75) is 44.7 Å². The lowest BCUT2D eigenvalue weighted by Crippen LogP contribution is -2.41. The van der Waals surface area contributed by atoms with Crippen LogP contribution in [0.2, 0.25) is 0 Å². The highest BCUT2D eigenvalue weighted by Crippen LogP contribution is 2.35. The lowest BCUT2D eigenvalue weighted by atomic mass is 9.90. The monoisotopic (exact) mass is 410 g/mol. The maximum atomic E-state index is 12.6. The van der Waals surface area contributed by atoms with Crippen LogP contribution in [0.4, 0.5) is 5.69 Å². The first-order valence-corrected chi connectivity index (χ1v) is 10.7. The molecule has 2 aliphatic rings. The molecule has 0 radical (unpaired) electrons. The summed E-state index contributed by atoms with van der Waals surface area (Å²) in [5.41, 5.74) is 0.646. The quantitative estimate of drug-likeness (QED) is 0.665. The van der Waals surface area contributed by atoms with Gasteiger partial charge in [-0.1, -0.05) is 0 Å². The Bertz CT molecular complexity index is 868. The van der Waals surface area contributed by atoms with Crippen molar-refractivity contribution in [1.82, 2.24) is 14.9 Å². The number of carbonyl (C=O) groups is 2. The number of phenolic OH excluding ortho intramolecular Hbond substituents is 1. The van der Waals surface area contributed by atoms with E-state index in [-0.39, 0.29) is 28.9 Å². The van der Waals surface area contributed by atoms with E-state index in [1.807, 2.05) is 4.72 Å². The summed E-state index contributed by atoms with van der Waals surface area (Å²) in [4.78, 5) is 26.3. The van der Waals surface area contributed by atoms with Gasteiger partial charge in [0.25, 0.3) is 11.8 Å². The number of carbonyl (C=O) groups excluding carboxylic acids is 2. The summed E-state index contributed by atoms with van der Waals surface area (Å²) in [6.07, 6.45) is 3.79. The van der Waals surface area contributed by atoms with Gasteiger partial charge in [0.05, 0.1) is 5.69 Å². The van der Waals surface area contributed by atoms with Gasteiger partial charge in [0, 0.05) is 17.6 Å². The maximum Gasteiger partial charge on any atom is 0.326 e. The van der Waals surface area contributed by atoms with Gasteiger partial charge in [0.1, 0.15) is 12.3 Å². The number of hydrogen-bond acceptors (Lipinski definition) is 6. The molecule has 28 heavy (non-hydrogen) atoms. The van der Waals surface area contributed by atoms with Crippen molar-refractivity contribution in [2.24, 2.45) is 0 Å². The minimum absolute atomic E-state index is 0.00129. The van der Waals surface area contributed by atoms with Crippen LogP contribution in [-0.4, -0.2) is 63.0 Å². The molecular formula is C18H26N4O5S. The van der Waals surface area contributed by atoms with Crippen molar-refractivity contribution in [3.63, 3.8) is 0 Å². The number of benzene rings is 1. The molecular weight excluding hydrogens is 384 g/mol. The van der Waals surface area contributed by atoms with Gasteiger partial charge in [-0.2, -0.15) is 8.42 Å². The number of anilines is 1. The molecule has 1 aromatic carbocycles. The molecule has 1 aliphatic carbocycles. The second kappa shape index (κ2) is 7.59. The van der Waals surface area contributed by atoms with Crippen LogP contribution < -0.4 is 14.3 Å². The largest absolute Gasteiger partial charge is 0.506 e. The van der Waals surface area contributed by atoms with Crippen LogP contribution in [0.1, 0.15) is 41.6 Å². The predicted octanol–water partition coefficient (Wildman–Crippen LogP) is 0.484. The standard InChI is InChI=1S/C18H26N4O5S/c1-11-8-12(18(25)19-13-4-6-14(7-5-13)21(2)3)9-15(23)17(11)22-10-16(24)20-28(22,26)27/h8-9,13-14,23H,4-7,10H2,1-3H3,(H,19,25)(H,20,24). The first-order chi connectivity index (χ1) is 13.1. The zero-order valence-electron chi connectivity index (χ0n) is 16.2. The summed E-state index contributed by atoms with van der Waals surface area (Å²) < 4.78 is 26.7. The third kappa shape index (κ3) is 4.07. The average Bonchev–Trinajstić information content (AvgIpc) is 2.86. The number of nitrogens with zero attached hydrogens (tertiary/aromatic N) is 2. The minimum Gasteiger partial charge on any atom is -0.506 e. The molecule has 1 aromatic rings. The van der Waals surface area contributed by atoms with Gasteiger partial charge in [0.15, 0.2) is 0 Å². The molecule has 3 N–H and O–H groups in total. The number of phenols is 1. The Balaban J connectivity index is 1.74. The van der Waals surface area contributed by atoms with Crippen molar-refractivity contribution < 1.29 is 23.1 Å². The van der Waals surface area contributed by atoms with E-state index in [0.717, 1.165) is 30.0 Å². The van der Waals surface area contributed by atoms with E-state index in [9.17, 15) is 23.1 Å². The molecule has 2 fully saturated rings. The Kier molecular flexibility index (Phi) is 5.53. The molecule has 9 nitrogen and oxygen atoms in total. The highest BCUT2D eigenvalue weighted by atomic mass is 32.2. The summed E-state index contributed by atoms with van der Waals surface area (Å²) in [6.45, 7) is 1.18. The molecule has 2 amide bonds. The van der Waals surface area contributed by atoms with Gasteiger partial charge in [-0.05, 0) is 64.4 Å². The Hall–Kier alpha value is -2.33. The van der Waals surface area contributed by atoms with Crippen LogP contribution in [-0.2, 0) is 15.0 Å². The lowest BCUT2D eigenvalue weighted by Gasteiger charge is -2.33. The number of hydrogen-bond donors (Lipinski definition) is 3. The van der Waals surface area contributed by atoms with E-state index < -0.39 is 22.7 Å². The lowest BCUT2D eigenvalue weighted by molar-refractivity contribution is -0.117. The molecule has 1 heterocycles. The summed E-state index contributed by atoms with van der Waals surface area (Å²) in [6, 6.07) is 3.36. The summed E-state index contributed by atoms with van der Waals surface area (Å²) >= 11 is 0. The van der Waals surface area contributed by atoms with E-state index in [4.69, 9.17) is 0 Å². The van der Waals surface area contributed by atoms with Crippen molar-refractivity contribution in [3.8, 4) is 5.75 Å². The Labute approximate surface area is 164 Å². The summed E-state index contributed by atoms with van der Waals surface area (Å²) in [7, 11) is 0.0786. The fourth-order valence-corrected chi connectivity index (χ4v) is 5.10. The van der Waals surface area contributed by atoms with Crippen LogP contribution in [0.3, 0.4) is 0 Å². The number of aryl methyl sites for hydroxylation is 1. The zero-order valence-corrected chi connectivity index (χ0v) is 17.0. The van der Waals surface area contributed by atoms with Crippen LogP contribution >= 0.6 is 0 Å². The zero-order chi connectivity index (χ0) is 20.6. The molecule has 10 heteroatoms. The van der Waals surface area contributed by atoms with Crippen molar-refractivity contribution in [1.29, 1.82) is 0 Å². The molecule has 0 atom stereocenters.